The number of pyridine rings is 1. The molecule has 4 nitrogen and oxygen atoms in total. The lowest BCUT2D eigenvalue weighted by Gasteiger charge is -2.05. The summed E-state index contributed by atoms with van der Waals surface area (Å²) in [5.74, 6) is 4.28. The molecule has 16 heavy (non-hydrogen) atoms. The number of imidazole rings is 1. The molecule has 0 aliphatic heterocycles. The first-order chi connectivity index (χ1) is 7.81. The average Bonchev–Trinajstić information content (AvgIpc) is 2.74. The Bertz CT molecular complexity index is 505. The van der Waals surface area contributed by atoms with Gasteiger partial charge >= 0.3 is 0 Å². The van der Waals surface area contributed by atoms with Crippen molar-refractivity contribution >= 4 is 5.69 Å². The van der Waals surface area contributed by atoms with Crippen LogP contribution in [0.4, 0.5) is 5.69 Å². The van der Waals surface area contributed by atoms with Crippen molar-refractivity contribution in [1.29, 1.82) is 0 Å². The van der Waals surface area contributed by atoms with Crippen LogP contribution in [-0.2, 0) is 0 Å². The van der Waals surface area contributed by atoms with Gasteiger partial charge in [0.2, 0.25) is 0 Å². The monoisotopic (exact) mass is 212 g/mol. The highest BCUT2D eigenvalue weighted by Crippen LogP contribution is 2.10. The summed E-state index contributed by atoms with van der Waals surface area (Å²) in [7, 11) is 0. The van der Waals surface area contributed by atoms with E-state index in [0.29, 0.717) is 6.54 Å². The predicted octanol–water partition coefficient (Wildman–Crippen LogP) is 1.62. The van der Waals surface area contributed by atoms with E-state index in [-0.39, 0.29) is 0 Å². The maximum atomic E-state index is 5.16. The topological polar surface area (TPSA) is 42.7 Å². The number of rotatable bonds is 3. The van der Waals surface area contributed by atoms with E-state index in [4.69, 9.17) is 6.42 Å². The standard InChI is InChI=1S/C12H12N4/c1-3-6-14-11-4-5-12(15-9-11)16-8-7-13-10(16)2/h1,4-5,7-9,14H,6H2,2H3. The fourth-order valence-corrected chi connectivity index (χ4v) is 1.41. The molecule has 2 heterocycles. The summed E-state index contributed by atoms with van der Waals surface area (Å²) < 4.78 is 1.92. The van der Waals surface area contributed by atoms with Gasteiger partial charge in [-0.05, 0) is 19.1 Å². The van der Waals surface area contributed by atoms with Crippen molar-refractivity contribution in [3.63, 3.8) is 0 Å². The minimum atomic E-state index is 0.505. The number of nitrogens with one attached hydrogen (secondary N) is 1. The molecule has 0 bridgehead atoms. The van der Waals surface area contributed by atoms with Crippen LogP contribution in [0, 0.1) is 19.3 Å². The number of aromatic nitrogens is 3. The fourth-order valence-electron chi connectivity index (χ4n) is 1.41. The molecule has 1 N–H and O–H groups in total. The minimum Gasteiger partial charge on any atom is -0.373 e. The minimum absolute atomic E-state index is 0.505. The van der Waals surface area contributed by atoms with Gasteiger partial charge in [0.25, 0.3) is 0 Å². The zero-order chi connectivity index (χ0) is 11.4. The number of aryl methyl sites for hydroxylation is 1. The highest BCUT2D eigenvalue weighted by atomic mass is 15.1. The first-order valence-corrected chi connectivity index (χ1v) is 4.95. The number of terminal acetylenes is 1. The van der Waals surface area contributed by atoms with Gasteiger partial charge in [-0.25, -0.2) is 9.97 Å². The molecule has 0 saturated heterocycles. The number of hydrogen-bond acceptors (Lipinski definition) is 3. The van der Waals surface area contributed by atoms with Crippen molar-refractivity contribution in [2.45, 2.75) is 6.92 Å². The van der Waals surface area contributed by atoms with Crippen LogP contribution in [0.3, 0.4) is 0 Å². The molecule has 0 saturated carbocycles. The van der Waals surface area contributed by atoms with Gasteiger partial charge in [-0.15, -0.1) is 6.42 Å². The van der Waals surface area contributed by atoms with Crippen LogP contribution in [0.15, 0.2) is 30.7 Å². The first-order valence-electron chi connectivity index (χ1n) is 4.95. The van der Waals surface area contributed by atoms with Crippen molar-refractivity contribution in [2.75, 3.05) is 11.9 Å². The summed E-state index contributed by atoms with van der Waals surface area (Å²) in [5.41, 5.74) is 0.916. The maximum absolute atomic E-state index is 5.16. The van der Waals surface area contributed by atoms with Crippen LogP contribution in [0.2, 0.25) is 0 Å². The van der Waals surface area contributed by atoms with Gasteiger partial charge in [-0.3, -0.25) is 4.57 Å². The number of nitrogens with zero attached hydrogens (tertiary/aromatic N) is 3. The Kier molecular flexibility index (Phi) is 2.88. The summed E-state index contributed by atoms with van der Waals surface area (Å²) >= 11 is 0. The molecule has 0 amide bonds. The summed E-state index contributed by atoms with van der Waals surface area (Å²) in [6.45, 7) is 2.44. The lowest BCUT2D eigenvalue weighted by atomic mass is 10.4. The quantitative estimate of drug-likeness (QED) is 0.786. The molecule has 2 aromatic rings. The smallest absolute Gasteiger partial charge is 0.138 e. The van der Waals surface area contributed by atoms with Crippen LogP contribution in [-0.4, -0.2) is 21.1 Å². The SMILES string of the molecule is C#CCNc1ccc(-n2ccnc2C)nc1. The second-order valence-corrected chi connectivity index (χ2v) is 3.31. The lowest BCUT2D eigenvalue weighted by Crippen LogP contribution is -2.01. The van der Waals surface area contributed by atoms with Gasteiger partial charge in [0.15, 0.2) is 0 Å². The van der Waals surface area contributed by atoms with Crippen molar-refractivity contribution in [3.8, 4) is 18.2 Å². The Morgan fingerprint density at radius 1 is 1.44 bits per heavy atom. The maximum Gasteiger partial charge on any atom is 0.138 e. The molecule has 2 aromatic heterocycles. The van der Waals surface area contributed by atoms with Crippen molar-refractivity contribution in [3.05, 3.63) is 36.5 Å². The van der Waals surface area contributed by atoms with Crippen LogP contribution < -0.4 is 5.32 Å². The molecule has 0 fully saturated rings. The van der Waals surface area contributed by atoms with Gasteiger partial charge in [0.05, 0.1) is 18.4 Å². The van der Waals surface area contributed by atoms with Gasteiger partial charge in [-0.2, -0.15) is 0 Å². The summed E-state index contributed by atoms with van der Waals surface area (Å²) in [6, 6.07) is 3.87. The molecule has 0 spiro atoms. The molecule has 0 aliphatic rings. The second-order valence-electron chi connectivity index (χ2n) is 3.31. The number of hydrogen-bond donors (Lipinski definition) is 1. The fraction of sp³-hybridized carbons (Fsp3) is 0.167. The Morgan fingerprint density at radius 2 is 2.31 bits per heavy atom. The van der Waals surface area contributed by atoms with E-state index in [1.54, 1.807) is 12.4 Å². The zero-order valence-corrected chi connectivity index (χ0v) is 9.01. The van der Waals surface area contributed by atoms with Crippen LogP contribution in [0.25, 0.3) is 5.82 Å². The predicted molar refractivity (Wildman–Crippen MR) is 63.4 cm³/mol. The first kappa shape index (κ1) is 10.2. The van der Waals surface area contributed by atoms with Gasteiger partial charge in [0, 0.05) is 12.4 Å². The zero-order valence-electron chi connectivity index (χ0n) is 9.01. The van der Waals surface area contributed by atoms with Crippen LogP contribution in [0.1, 0.15) is 5.82 Å². The lowest BCUT2D eigenvalue weighted by molar-refractivity contribution is 0.933. The van der Waals surface area contributed by atoms with E-state index in [1.165, 1.54) is 0 Å². The molecule has 0 unspecified atom stereocenters. The Balaban J connectivity index is 2.20. The van der Waals surface area contributed by atoms with E-state index in [9.17, 15) is 0 Å². The summed E-state index contributed by atoms with van der Waals surface area (Å²) in [5, 5.41) is 3.06. The van der Waals surface area contributed by atoms with Crippen molar-refractivity contribution in [2.24, 2.45) is 0 Å². The Hall–Kier alpha value is -2.28. The summed E-state index contributed by atoms with van der Waals surface area (Å²) in [4.78, 5) is 8.47. The number of anilines is 1. The molecule has 80 valence electrons. The van der Waals surface area contributed by atoms with E-state index in [1.807, 2.05) is 29.8 Å². The Labute approximate surface area is 94.4 Å². The molecule has 4 heteroatoms. The van der Waals surface area contributed by atoms with Crippen molar-refractivity contribution < 1.29 is 0 Å². The van der Waals surface area contributed by atoms with Crippen LogP contribution >= 0.6 is 0 Å². The third kappa shape index (κ3) is 2.04. The van der Waals surface area contributed by atoms with Crippen LogP contribution in [0.5, 0.6) is 0 Å². The normalized spacial score (nSPS) is 9.75. The van der Waals surface area contributed by atoms with Gasteiger partial charge < -0.3 is 5.32 Å². The van der Waals surface area contributed by atoms with Crippen molar-refractivity contribution in [1.82, 2.24) is 14.5 Å². The molecule has 0 aromatic carbocycles. The van der Waals surface area contributed by atoms with Gasteiger partial charge in [-0.1, -0.05) is 5.92 Å². The summed E-state index contributed by atoms with van der Waals surface area (Å²) in [6.07, 6.45) is 10.5. The Morgan fingerprint density at radius 3 is 2.88 bits per heavy atom. The van der Waals surface area contributed by atoms with E-state index in [0.717, 1.165) is 17.3 Å². The molecule has 0 atom stereocenters. The molecular weight excluding hydrogens is 200 g/mol. The average molecular weight is 212 g/mol. The second kappa shape index (κ2) is 4.49. The van der Waals surface area contributed by atoms with Gasteiger partial charge in [0.1, 0.15) is 11.6 Å². The molecule has 0 radical (unpaired) electrons. The molecule has 2 rings (SSSR count). The van der Waals surface area contributed by atoms with E-state index in [2.05, 4.69) is 21.2 Å². The highest BCUT2D eigenvalue weighted by Gasteiger charge is 2.00. The highest BCUT2D eigenvalue weighted by molar-refractivity contribution is 5.44. The molecule has 0 aliphatic carbocycles. The molecular formula is C12H12N4. The van der Waals surface area contributed by atoms with E-state index < -0.39 is 0 Å². The largest absolute Gasteiger partial charge is 0.373 e. The van der Waals surface area contributed by atoms with E-state index >= 15 is 0 Å². The third-order valence-electron chi connectivity index (χ3n) is 2.22. The third-order valence-corrected chi connectivity index (χ3v) is 2.22.